The molecule has 0 aliphatic carbocycles. The normalized spacial score (nSPS) is 11.7. The summed E-state index contributed by atoms with van der Waals surface area (Å²) < 4.78 is 5.14. The van der Waals surface area contributed by atoms with Crippen LogP contribution in [0.25, 0.3) is 0 Å². The van der Waals surface area contributed by atoms with E-state index in [-0.39, 0.29) is 11.8 Å². The highest BCUT2D eigenvalue weighted by Crippen LogP contribution is 2.21. The van der Waals surface area contributed by atoms with Crippen molar-refractivity contribution in [1.29, 1.82) is 0 Å². The van der Waals surface area contributed by atoms with E-state index in [1.807, 2.05) is 54.6 Å². The number of methoxy groups -OCH3 is 1. The zero-order valence-electron chi connectivity index (χ0n) is 13.2. The Hall–Kier alpha value is -2.29. The lowest BCUT2D eigenvalue weighted by molar-refractivity contribution is -0.122. The molecule has 3 nitrogen and oxygen atoms in total. The molecular formula is C19H23NO2. The zero-order valence-corrected chi connectivity index (χ0v) is 13.2. The van der Waals surface area contributed by atoms with E-state index in [9.17, 15) is 4.79 Å². The molecule has 0 bridgehead atoms. The summed E-state index contributed by atoms with van der Waals surface area (Å²) in [6.45, 7) is 2.64. The summed E-state index contributed by atoms with van der Waals surface area (Å²) >= 11 is 0. The monoisotopic (exact) mass is 297 g/mol. The van der Waals surface area contributed by atoms with Gasteiger partial charge in [-0.3, -0.25) is 4.79 Å². The summed E-state index contributed by atoms with van der Waals surface area (Å²) in [5, 5.41) is 3.04. The lowest BCUT2D eigenvalue weighted by Gasteiger charge is -2.16. The number of hydrogen-bond acceptors (Lipinski definition) is 2. The molecule has 0 heterocycles. The second-order valence-corrected chi connectivity index (χ2v) is 5.32. The van der Waals surface area contributed by atoms with E-state index in [0.29, 0.717) is 6.54 Å². The van der Waals surface area contributed by atoms with Crippen LogP contribution in [0, 0.1) is 0 Å². The fraction of sp³-hybridized carbons (Fsp3) is 0.316. The summed E-state index contributed by atoms with van der Waals surface area (Å²) in [6, 6.07) is 17.7. The van der Waals surface area contributed by atoms with Gasteiger partial charge in [0.2, 0.25) is 5.91 Å². The predicted molar refractivity (Wildman–Crippen MR) is 88.9 cm³/mol. The third kappa shape index (κ3) is 4.35. The van der Waals surface area contributed by atoms with E-state index < -0.39 is 0 Å². The first kappa shape index (κ1) is 16.1. The summed E-state index contributed by atoms with van der Waals surface area (Å²) in [7, 11) is 1.64. The van der Waals surface area contributed by atoms with E-state index in [1.54, 1.807) is 7.11 Å². The first-order chi connectivity index (χ1) is 10.7. The fourth-order valence-corrected chi connectivity index (χ4v) is 2.48. The van der Waals surface area contributed by atoms with Gasteiger partial charge in [0.25, 0.3) is 0 Å². The van der Waals surface area contributed by atoms with Crippen molar-refractivity contribution < 1.29 is 9.53 Å². The molecule has 0 radical (unpaired) electrons. The maximum absolute atomic E-state index is 12.5. The third-order valence-corrected chi connectivity index (χ3v) is 3.72. The zero-order chi connectivity index (χ0) is 15.8. The molecular weight excluding hydrogens is 274 g/mol. The molecule has 0 unspecified atom stereocenters. The van der Waals surface area contributed by atoms with Gasteiger partial charge in [0.15, 0.2) is 0 Å². The van der Waals surface area contributed by atoms with Crippen LogP contribution in [0.2, 0.25) is 0 Å². The fourth-order valence-electron chi connectivity index (χ4n) is 2.48. The Labute approximate surface area is 132 Å². The first-order valence-corrected chi connectivity index (χ1v) is 7.70. The van der Waals surface area contributed by atoms with Crippen molar-refractivity contribution >= 4 is 5.91 Å². The number of benzene rings is 2. The number of carbonyl (C=O) groups excluding carboxylic acids is 1. The molecule has 1 atom stereocenters. The van der Waals surface area contributed by atoms with Crippen LogP contribution in [0.15, 0.2) is 54.6 Å². The third-order valence-electron chi connectivity index (χ3n) is 3.72. The second-order valence-electron chi connectivity index (χ2n) is 5.32. The number of rotatable bonds is 7. The molecule has 0 fully saturated rings. The van der Waals surface area contributed by atoms with Crippen molar-refractivity contribution in [3.05, 3.63) is 65.7 Å². The molecule has 0 aliphatic heterocycles. The van der Waals surface area contributed by atoms with Crippen molar-refractivity contribution in [2.45, 2.75) is 32.2 Å². The lowest BCUT2D eigenvalue weighted by atomic mass is 9.93. The molecule has 2 aromatic rings. The molecule has 3 heteroatoms. The van der Waals surface area contributed by atoms with Crippen LogP contribution in [-0.4, -0.2) is 13.0 Å². The molecule has 1 amide bonds. The molecule has 0 aromatic heterocycles. The number of nitrogens with one attached hydrogen (secondary N) is 1. The Morgan fingerprint density at radius 3 is 2.36 bits per heavy atom. The van der Waals surface area contributed by atoms with Crippen LogP contribution in [0.4, 0.5) is 0 Å². The maximum atomic E-state index is 12.5. The molecule has 0 saturated carbocycles. The molecule has 22 heavy (non-hydrogen) atoms. The van der Waals surface area contributed by atoms with Gasteiger partial charge < -0.3 is 10.1 Å². The Morgan fingerprint density at radius 2 is 1.77 bits per heavy atom. The number of ether oxygens (including phenoxy) is 1. The maximum Gasteiger partial charge on any atom is 0.227 e. The highest BCUT2D eigenvalue weighted by molar-refractivity contribution is 5.83. The van der Waals surface area contributed by atoms with E-state index in [0.717, 1.165) is 29.7 Å². The minimum absolute atomic E-state index is 0.0792. The number of carbonyl (C=O) groups is 1. The number of amides is 1. The van der Waals surface area contributed by atoms with Crippen LogP contribution in [0.5, 0.6) is 5.75 Å². The summed E-state index contributed by atoms with van der Waals surface area (Å²) in [5.41, 5.74) is 2.15. The minimum atomic E-state index is -0.0792. The SMILES string of the molecule is CCC[C@@H](C(=O)NCc1ccc(OC)cc1)c1ccccc1. The predicted octanol–water partition coefficient (Wildman–Crippen LogP) is 3.90. The Balaban J connectivity index is 1.99. The van der Waals surface area contributed by atoms with Gasteiger partial charge in [-0.2, -0.15) is 0 Å². The largest absolute Gasteiger partial charge is 0.497 e. The van der Waals surface area contributed by atoms with Gasteiger partial charge in [-0.05, 0) is 29.7 Å². The van der Waals surface area contributed by atoms with Gasteiger partial charge in [-0.15, -0.1) is 0 Å². The van der Waals surface area contributed by atoms with Crippen LogP contribution in [0.3, 0.4) is 0 Å². The van der Waals surface area contributed by atoms with E-state index in [2.05, 4.69) is 12.2 Å². The molecule has 116 valence electrons. The van der Waals surface area contributed by atoms with E-state index in [4.69, 9.17) is 4.74 Å². The molecule has 2 rings (SSSR count). The van der Waals surface area contributed by atoms with Crippen molar-refractivity contribution in [2.75, 3.05) is 7.11 Å². The minimum Gasteiger partial charge on any atom is -0.497 e. The lowest BCUT2D eigenvalue weighted by Crippen LogP contribution is -2.29. The molecule has 0 saturated heterocycles. The van der Waals surface area contributed by atoms with Crippen LogP contribution in [-0.2, 0) is 11.3 Å². The van der Waals surface area contributed by atoms with Crippen LogP contribution >= 0.6 is 0 Å². The van der Waals surface area contributed by atoms with Gasteiger partial charge >= 0.3 is 0 Å². The Morgan fingerprint density at radius 1 is 1.09 bits per heavy atom. The average Bonchev–Trinajstić information content (AvgIpc) is 2.58. The summed E-state index contributed by atoms with van der Waals surface area (Å²) in [6.07, 6.45) is 1.84. The van der Waals surface area contributed by atoms with Gasteiger partial charge in [-0.1, -0.05) is 55.8 Å². The van der Waals surface area contributed by atoms with Gasteiger partial charge in [0.1, 0.15) is 5.75 Å². The van der Waals surface area contributed by atoms with Gasteiger partial charge in [-0.25, -0.2) is 0 Å². The molecule has 0 spiro atoms. The van der Waals surface area contributed by atoms with Crippen molar-refractivity contribution in [1.82, 2.24) is 5.32 Å². The van der Waals surface area contributed by atoms with Crippen LogP contribution in [0.1, 0.15) is 36.8 Å². The second kappa shape index (κ2) is 8.23. The van der Waals surface area contributed by atoms with E-state index >= 15 is 0 Å². The Bertz CT molecular complexity index is 578. The quantitative estimate of drug-likeness (QED) is 0.842. The number of hydrogen-bond donors (Lipinski definition) is 1. The molecule has 1 N–H and O–H groups in total. The van der Waals surface area contributed by atoms with Crippen molar-refractivity contribution in [2.24, 2.45) is 0 Å². The highest BCUT2D eigenvalue weighted by Gasteiger charge is 2.18. The average molecular weight is 297 g/mol. The molecule has 2 aromatic carbocycles. The van der Waals surface area contributed by atoms with Crippen LogP contribution < -0.4 is 10.1 Å². The first-order valence-electron chi connectivity index (χ1n) is 7.70. The van der Waals surface area contributed by atoms with Crippen molar-refractivity contribution in [3.63, 3.8) is 0 Å². The standard InChI is InChI=1S/C19H23NO2/c1-3-7-18(16-8-5-4-6-9-16)19(21)20-14-15-10-12-17(22-2)13-11-15/h4-6,8-13,18H,3,7,14H2,1-2H3,(H,20,21)/t18-/m1/s1. The highest BCUT2D eigenvalue weighted by atomic mass is 16.5. The smallest absolute Gasteiger partial charge is 0.227 e. The van der Waals surface area contributed by atoms with Gasteiger partial charge in [0, 0.05) is 6.54 Å². The topological polar surface area (TPSA) is 38.3 Å². The Kier molecular flexibility index (Phi) is 6.01. The van der Waals surface area contributed by atoms with Gasteiger partial charge in [0.05, 0.1) is 13.0 Å². The van der Waals surface area contributed by atoms with Crippen molar-refractivity contribution in [3.8, 4) is 5.75 Å². The van der Waals surface area contributed by atoms with E-state index in [1.165, 1.54) is 0 Å². The summed E-state index contributed by atoms with van der Waals surface area (Å²) in [4.78, 5) is 12.5. The molecule has 0 aliphatic rings. The summed E-state index contributed by atoms with van der Waals surface area (Å²) in [5.74, 6) is 0.830.